The molecular formula is C17H23N3O2S. The van der Waals surface area contributed by atoms with Crippen LogP contribution in [-0.4, -0.2) is 43.7 Å². The molecule has 2 aromatic rings. The number of anilines is 1. The Kier molecular flexibility index (Phi) is 5.13. The van der Waals surface area contributed by atoms with Crippen LogP contribution in [-0.2, 0) is 9.53 Å². The first-order valence-corrected chi connectivity index (χ1v) is 8.89. The molecule has 0 aliphatic carbocycles. The van der Waals surface area contributed by atoms with Gasteiger partial charge in [-0.1, -0.05) is 23.5 Å². The first-order chi connectivity index (χ1) is 11.2. The van der Waals surface area contributed by atoms with Crippen molar-refractivity contribution in [3.05, 3.63) is 24.3 Å². The zero-order valence-electron chi connectivity index (χ0n) is 13.6. The van der Waals surface area contributed by atoms with Crippen molar-refractivity contribution in [3.63, 3.8) is 0 Å². The lowest BCUT2D eigenvalue weighted by Gasteiger charge is -2.31. The Morgan fingerprint density at radius 2 is 2.17 bits per heavy atom. The molecule has 124 valence electrons. The summed E-state index contributed by atoms with van der Waals surface area (Å²) < 4.78 is 6.28. The van der Waals surface area contributed by atoms with Crippen LogP contribution in [0.15, 0.2) is 24.3 Å². The molecule has 1 unspecified atom stereocenters. The van der Waals surface area contributed by atoms with Crippen LogP contribution >= 0.6 is 11.3 Å². The third kappa shape index (κ3) is 3.82. The number of para-hydroxylation sites is 1. The summed E-state index contributed by atoms with van der Waals surface area (Å²) in [6, 6.07) is 8.28. The first-order valence-electron chi connectivity index (χ1n) is 8.07. The number of carbonyl (C=O) groups excluding carboxylic acids is 1. The van der Waals surface area contributed by atoms with Gasteiger partial charge in [0.05, 0.1) is 16.8 Å². The molecule has 1 aliphatic heterocycles. The molecule has 1 aromatic heterocycles. The van der Waals surface area contributed by atoms with Crippen LogP contribution in [0.25, 0.3) is 10.2 Å². The van der Waals surface area contributed by atoms with Crippen LogP contribution in [0.2, 0.25) is 0 Å². The predicted molar refractivity (Wildman–Crippen MR) is 94.0 cm³/mol. The maximum Gasteiger partial charge on any atom is 0.223 e. The number of fused-ring (bicyclic) bond motifs is 1. The van der Waals surface area contributed by atoms with Crippen molar-refractivity contribution in [3.8, 4) is 0 Å². The van der Waals surface area contributed by atoms with E-state index in [1.807, 2.05) is 25.1 Å². The highest BCUT2D eigenvalue weighted by molar-refractivity contribution is 7.22. The van der Waals surface area contributed by atoms with E-state index in [4.69, 9.17) is 9.72 Å². The van der Waals surface area contributed by atoms with Gasteiger partial charge in [-0.15, -0.1) is 0 Å². The van der Waals surface area contributed by atoms with Gasteiger partial charge in [-0.25, -0.2) is 4.98 Å². The van der Waals surface area contributed by atoms with Crippen LogP contribution in [0.1, 0.15) is 19.8 Å². The van der Waals surface area contributed by atoms with E-state index in [9.17, 15) is 4.79 Å². The van der Waals surface area contributed by atoms with E-state index in [1.54, 1.807) is 18.4 Å². The average molecular weight is 333 g/mol. The summed E-state index contributed by atoms with van der Waals surface area (Å²) >= 11 is 1.73. The van der Waals surface area contributed by atoms with Crippen molar-refractivity contribution in [1.82, 2.24) is 10.3 Å². The molecule has 3 rings (SSSR count). The van der Waals surface area contributed by atoms with Crippen molar-refractivity contribution in [2.75, 3.05) is 31.7 Å². The molecule has 2 heterocycles. The molecule has 1 atom stereocenters. The third-order valence-electron chi connectivity index (χ3n) is 4.22. The number of nitrogens with one attached hydrogen (secondary N) is 1. The molecule has 0 radical (unpaired) electrons. The molecular weight excluding hydrogens is 310 g/mol. The summed E-state index contributed by atoms with van der Waals surface area (Å²) in [5.41, 5.74) is 1.06. The molecule has 5 nitrogen and oxygen atoms in total. The van der Waals surface area contributed by atoms with Crippen molar-refractivity contribution in [1.29, 1.82) is 0 Å². The van der Waals surface area contributed by atoms with E-state index in [2.05, 4.69) is 16.3 Å². The number of nitrogens with zero attached hydrogens (tertiary/aromatic N) is 2. The number of benzene rings is 1. The SMILES string of the molecule is COCC(C)NC(=O)C1CCN(c2nc3ccccc3s2)CC1. The van der Waals surface area contributed by atoms with Crippen molar-refractivity contribution in [2.24, 2.45) is 5.92 Å². The van der Waals surface area contributed by atoms with Gasteiger partial charge in [-0.05, 0) is 31.9 Å². The number of ether oxygens (including phenoxy) is 1. The summed E-state index contributed by atoms with van der Waals surface area (Å²) in [4.78, 5) is 19.3. The number of hydrogen-bond donors (Lipinski definition) is 1. The van der Waals surface area contributed by atoms with E-state index in [1.165, 1.54) is 4.70 Å². The Bertz CT molecular complexity index is 632. The summed E-state index contributed by atoms with van der Waals surface area (Å²) in [6.07, 6.45) is 1.75. The van der Waals surface area contributed by atoms with E-state index < -0.39 is 0 Å². The number of amides is 1. The number of piperidine rings is 1. The normalized spacial score (nSPS) is 17.4. The largest absolute Gasteiger partial charge is 0.383 e. The van der Waals surface area contributed by atoms with Gasteiger partial charge in [0, 0.05) is 32.2 Å². The van der Waals surface area contributed by atoms with Gasteiger partial charge in [-0.3, -0.25) is 4.79 Å². The van der Waals surface area contributed by atoms with Gasteiger partial charge in [0.15, 0.2) is 5.13 Å². The zero-order chi connectivity index (χ0) is 16.2. The van der Waals surface area contributed by atoms with Gasteiger partial charge < -0.3 is 15.0 Å². The fourth-order valence-electron chi connectivity index (χ4n) is 2.98. The first kappa shape index (κ1) is 16.2. The summed E-state index contributed by atoms with van der Waals surface area (Å²) in [5, 5.41) is 4.10. The number of aromatic nitrogens is 1. The molecule has 0 bridgehead atoms. The Hall–Kier alpha value is -1.66. The molecule has 0 saturated carbocycles. The fraction of sp³-hybridized carbons (Fsp3) is 0.529. The maximum absolute atomic E-state index is 12.3. The lowest BCUT2D eigenvalue weighted by Crippen LogP contribution is -2.44. The molecule has 23 heavy (non-hydrogen) atoms. The standard InChI is InChI=1S/C17H23N3O2S/c1-12(11-22-2)18-16(21)13-7-9-20(10-8-13)17-19-14-5-3-4-6-15(14)23-17/h3-6,12-13H,7-11H2,1-2H3,(H,18,21). The fourth-order valence-corrected chi connectivity index (χ4v) is 4.00. The second kappa shape index (κ2) is 7.27. The van der Waals surface area contributed by atoms with Gasteiger partial charge in [0.1, 0.15) is 0 Å². The monoisotopic (exact) mass is 333 g/mol. The molecule has 0 spiro atoms. The third-order valence-corrected chi connectivity index (χ3v) is 5.32. The Labute approximate surface area is 140 Å². The van der Waals surface area contributed by atoms with Crippen molar-refractivity contribution < 1.29 is 9.53 Å². The summed E-state index contributed by atoms with van der Waals surface area (Å²) in [6.45, 7) is 4.29. The lowest BCUT2D eigenvalue weighted by molar-refractivity contribution is -0.126. The Morgan fingerprint density at radius 3 is 2.87 bits per heavy atom. The van der Waals surface area contributed by atoms with Crippen LogP contribution in [0.3, 0.4) is 0 Å². The maximum atomic E-state index is 12.3. The second-order valence-electron chi connectivity index (χ2n) is 6.09. The Balaban J connectivity index is 1.56. The minimum atomic E-state index is 0.0646. The topological polar surface area (TPSA) is 54.5 Å². The molecule has 1 N–H and O–H groups in total. The lowest BCUT2D eigenvalue weighted by atomic mass is 9.96. The molecule has 6 heteroatoms. The van der Waals surface area contributed by atoms with Gasteiger partial charge in [0.25, 0.3) is 0 Å². The van der Waals surface area contributed by atoms with Crippen LogP contribution < -0.4 is 10.2 Å². The van der Waals surface area contributed by atoms with Gasteiger partial charge >= 0.3 is 0 Å². The quantitative estimate of drug-likeness (QED) is 0.914. The average Bonchev–Trinajstić information content (AvgIpc) is 2.99. The van der Waals surface area contributed by atoms with E-state index in [0.717, 1.165) is 36.6 Å². The van der Waals surface area contributed by atoms with Crippen LogP contribution in [0.4, 0.5) is 5.13 Å². The van der Waals surface area contributed by atoms with E-state index in [0.29, 0.717) is 6.61 Å². The number of carbonyl (C=O) groups is 1. The number of methoxy groups -OCH3 is 1. The van der Waals surface area contributed by atoms with Crippen molar-refractivity contribution >= 4 is 32.6 Å². The molecule has 1 saturated heterocycles. The minimum absolute atomic E-state index is 0.0646. The van der Waals surface area contributed by atoms with Gasteiger partial charge in [-0.2, -0.15) is 0 Å². The number of rotatable bonds is 5. The van der Waals surface area contributed by atoms with Crippen molar-refractivity contribution in [2.45, 2.75) is 25.8 Å². The highest BCUT2D eigenvalue weighted by atomic mass is 32.1. The summed E-state index contributed by atoms with van der Waals surface area (Å²) in [5.74, 6) is 0.249. The number of thiazole rings is 1. The van der Waals surface area contributed by atoms with E-state index in [-0.39, 0.29) is 17.9 Å². The van der Waals surface area contributed by atoms with E-state index >= 15 is 0 Å². The zero-order valence-corrected chi connectivity index (χ0v) is 14.4. The Morgan fingerprint density at radius 1 is 1.43 bits per heavy atom. The van der Waals surface area contributed by atoms with Gasteiger partial charge in [0.2, 0.25) is 5.91 Å². The predicted octanol–water partition coefficient (Wildman–Crippen LogP) is 2.66. The van der Waals surface area contributed by atoms with Crippen LogP contribution in [0, 0.1) is 5.92 Å². The van der Waals surface area contributed by atoms with Crippen LogP contribution in [0.5, 0.6) is 0 Å². The molecule has 1 amide bonds. The summed E-state index contributed by atoms with van der Waals surface area (Å²) in [7, 11) is 1.65. The molecule has 1 aromatic carbocycles. The number of hydrogen-bond acceptors (Lipinski definition) is 5. The highest BCUT2D eigenvalue weighted by Crippen LogP contribution is 2.31. The molecule has 1 fully saturated rings. The highest BCUT2D eigenvalue weighted by Gasteiger charge is 2.27. The molecule has 1 aliphatic rings. The smallest absolute Gasteiger partial charge is 0.223 e. The second-order valence-corrected chi connectivity index (χ2v) is 7.10. The minimum Gasteiger partial charge on any atom is -0.383 e.